The topological polar surface area (TPSA) is 75.1 Å². The van der Waals surface area contributed by atoms with Gasteiger partial charge in [0.25, 0.3) is 11.3 Å². The summed E-state index contributed by atoms with van der Waals surface area (Å²) in [5.41, 5.74) is 4.08. The first-order valence-electron chi connectivity index (χ1n) is 8.07. The highest BCUT2D eigenvalue weighted by Crippen LogP contribution is 2.16. The van der Waals surface area contributed by atoms with Crippen LogP contribution in [-0.2, 0) is 25.8 Å². The Kier molecular flexibility index (Phi) is 3.37. The average Bonchev–Trinajstić information content (AvgIpc) is 3.20. The van der Waals surface area contributed by atoms with Crippen molar-refractivity contribution in [2.24, 2.45) is 0 Å². The van der Waals surface area contributed by atoms with Gasteiger partial charge in [-0.25, -0.2) is 4.98 Å². The Balaban J connectivity index is 1.57. The van der Waals surface area contributed by atoms with E-state index in [1.165, 1.54) is 10.1 Å². The maximum absolute atomic E-state index is 12.4. The van der Waals surface area contributed by atoms with Gasteiger partial charge in [-0.15, -0.1) is 0 Å². The van der Waals surface area contributed by atoms with Crippen molar-refractivity contribution in [3.05, 3.63) is 57.3 Å². The molecule has 3 aromatic rings. The number of hydrogen-bond acceptors (Lipinski definition) is 4. The van der Waals surface area contributed by atoms with Gasteiger partial charge in [-0.1, -0.05) is 19.1 Å². The van der Waals surface area contributed by atoms with Crippen molar-refractivity contribution >= 4 is 11.5 Å². The lowest BCUT2D eigenvalue weighted by Gasteiger charge is -2.04. The molecule has 118 valence electrons. The Labute approximate surface area is 133 Å². The molecule has 0 saturated carbocycles. The lowest BCUT2D eigenvalue weighted by Crippen LogP contribution is -2.20. The lowest BCUT2D eigenvalue weighted by atomic mass is 10.1. The molecule has 4 rings (SSSR count). The van der Waals surface area contributed by atoms with Gasteiger partial charge in [0.15, 0.2) is 0 Å². The number of rotatable bonds is 4. The summed E-state index contributed by atoms with van der Waals surface area (Å²) in [7, 11) is 0. The van der Waals surface area contributed by atoms with E-state index in [1.54, 1.807) is 0 Å². The second-order valence-electron chi connectivity index (χ2n) is 5.91. The maximum atomic E-state index is 12.4. The summed E-state index contributed by atoms with van der Waals surface area (Å²) in [5, 5.41) is 6.37. The zero-order chi connectivity index (χ0) is 15.8. The Morgan fingerprint density at radius 1 is 1.22 bits per heavy atom. The number of aromatic nitrogens is 4. The molecule has 2 N–H and O–H groups in total. The number of fused-ring (bicyclic) bond motifs is 2. The molecule has 0 radical (unpaired) electrons. The lowest BCUT2D eigenvalue weighted by molar-refractivity contribution is 0.839. The quantitative estimate of drug-likeness (QED) is 0.774. The van der Waals surface area contributed by atoms with Crippen LogP contribution in [0, 0.1) is 0 Å². The number of benzene rings is 1. The fraction of sp³-hybridized carbons (Fsp3) is 0.353. The van der Waals surface area contributed by atoms with E-state index >= 15 is 0 Å². The van der Waals surface area contributed by atoms with Crippen LogP contribution in [0.1, 0.15) is 36.0 Å². The minimum absolute atomic E-state index is 0.00597. The largest absolute Gasteiger partial charge is 0.378 e. The van der Waals surface area contributed by atoms with Crippen LogP contribution in [0.3, 0.4) is 0 Å². The Bertz CT molecular complexity index is 907. The van der Waals surface area contributed by atoms with E-state index in [2.05, 4.69) is 51.6 Å². The smallest absolute Gasteiger partial charge is 0.277 e. The van der Waals surface area contributed by atoms with E-state index in [0.29, 0.717) is 18.1 Å². The third-order valence-corrected chi connectivity index (χ3v) is 4.38. The van der Waals surface area contributed by atoms with E-state index in [1.807, 2.05) is 0 Å². The molecule has 23 heavy (non-hydrogen) atoms. The van der Waals surface area contributed by atoms with Crippen molar-refractivity contribution in [1.29, 1.82) is 0 Å². The van der Waals surface area contributed by atoms with Gasteiger partial charge in [0.05, 0.1) is 12.2 Å². The van der Waals surface area contributed by atoms with Gasteiger partial charge in [-0.05, 0) is 43.4 Å². The van der Waals surface area contributed by atoms with Crippen LogP contribution in [0.25, 0.3) is 5.78 Å². The van der Waals surface area contributed by atoms with Gasteiger partial charge in [-0.2, -0.15) is 9.50 Å². The van der Waals surface area contributed by atoms with Crippen LogP contribution in [-0.4, -0.2) is 19.6 Å². The van der Waals surface area contributed by atoms with Crippen molar-refractivity contribution in [1.82, 2.24) is 19.6 Å². The maximum Gasteiger partial charge on any atom is 0.277 e. The number of aryl methyl sites for hydroxylation is 2. The third-order valence-electron chi connectivity index (χ3n) is 4.38. The molecular weight excluding hydrogens is 290 g/mol. The monoisotopic (exact) mass is 309 g/mol. The molecule has 0 amide bonds. The van der Waals surface area contributed by atoms with Gasteiger partial charge in [-0.3, -0.25) is 9.89 Å². The van der Waals surface area contributed by atoms with Crippen LogP contribution in [0.4, 0.5) is 5.69 Å². The number of nitrogens with one attached hydrogen (secondary N) is 2. The number of aromatic amines is 1. The molecule has 0 bridgehead atoms. The fourth-order valence-corrected chi connectivity index (χ4v) is 3.05. The molecule has 0 fully saturated rings. The highest BCUT2D eigenvalue weighted by molar-refractivity contribution is 5.45. The van der Waals surface area contributed by atoms with Crippen molar-refractivity contribution in [3.63, 3.8) is 0 Å². The van der Waals surface area contributed by atoms with Crippen LogP contribution in [0.15, 0.2) is 29.1 Å². The summed E-state index contributed by atoms with van der Waals surface area (Å²) in [6.45, 7) is 2.66. The van der Waals surface area contributed by atoms with Gasteiger partial charge >= 0.3 is 0 Å². The number of hydrogen-bond donors (Lipinski definition) is 2. The summed E-state index contributed by atoms with van der Waals surface area (Å²) in [6, 6.07) is 8.33. The molecular formula is C17H19N5O. The normalized spacial score (nSPS) is 13.4. The summed E-state index contributed by atoms with van der Waals surface area (Å²) < 4.78 is 1.46. The van der Waals surface area contributed by atoms with Crippen LogP contribution < -0.4 is 10.9 Å². The zero-order valence-electron chi connectivity index (χ0n) is 13.1. The summed E-state index contributed by atoms with van der Waals surface area (Å²) in [4.78, 5) is 21.4. The van der Waals surface area contributed by atoms with Crippen molar-refractivity contribution in [3.8, 4) is 0 Å². The van der Waals surface area contributed by atoms with E-state index in [0.717, 1.165) is 42.6 Å². The minimum atomic E-state index is -0.00597. The Morgan fingerprint density at radius 3 is 2.83 bits per heavy atom. The minimum Gasteiger partial charge on any atom is -0.378 e. The SMILES string of the molecule is CCc1ccc(NCc2nc3nc4c(c(=O)n3[nH]2)CCC4)cc1. The average molecular weight is 309 g/mol. The Morgan fingerprint density at radius 2 is 2.04 bits per heavy atom. The molecule has 1 aliphatic rings. The second kappa shape index (κ2) is 5.53. The van der Waals surface area contributed by atoms with Gasteiger partial charge < -0.3 is 5.32 Å². The molecule has 2 aromatic heterocycles. The third kappa shape index (κ3) is 2.50. The van der Waals surface area contributed by atoms with Crippen LogP contribution >= 0.6 is 0 Å². The highest BCUT2D eigenvalue weighted by Gasteiger charge is 2.19. The number of nitrogens with zero attached hydrogens (tertiary/aromatic N) is 3. The number of anilines is 1. The molecule has 0 saturated heterocycles. The van der Waals surface area contributed by atoms with E-state index in [-0.39, 0.29) is 5.56 Å². The molecule has 6 heteroatoms. The molecule has 2 heterocycles. The van der Waals surface area contributed by atoms with E-state index in [4.69, 9.17) is 0 Å². The summed E-state index contributed by atoms with van der Waals surface area (Å²) >= 11 is 0. The molecule has 0 unspecified atom stereocenters. The zero-order valence-corrected chi connectivity index (χ0v) is 13.1. The molecule has 1 aromatic carbocycles. The molecule has 0 atom stereocenters. The first-order valence-corrected chi connectivity index (χ1v) is 8.07. The van der Waals surface area contributed by atoms with Crippen LogP contribution in [0.2, 0.25) is 0 Å². The summed E-state index contributed by atoms with van der Waals surface area (Å²) in [5.74, 6) is 1.17. The van der Waals surface area contributed by atoms with Crippen molar-refractivity contribution in [2.45, 2.75) is 39.2 Å². The van der Waals surface area contributed by atoms with Gasteiger partial charge in [0.2, 0.25) is 0 Å². The van der Waals surface area contributed by atoms with Gasteiger partial charge in [0, 0.05) is 11.3 Å². The Hall–Kier alpha value is -2.63. The first kappa shape index (κ1) is 14.0. The first-order chi connectivity index (χ1) is 11.2. The summed E-state index contributed by atoms with van der Waals surface area (Å²) in [6.07, 6.45) is 3.74. The molecule has 0 aliphatic heterocycles. The van der Waals surface area contributed by atoms with Crippen molar-refractivity contribution < 1.29 is 0 Å². The van der Waals surface area contributed by atoms with Gasteiger partial charge in [0.1, 0.15) is 5.82 Å². The predicted octanol–water partition coefficient (Wildman–Crippen LogP) is 2.08. The molecule has 0 spiro atoms. The number of H-pyrrole nitrogens is 1. The van der Waals surface area contributed by atoms with Crippen LogP contribution in [0.5, 0.6) is 0 Å². The molecule has 6 nitrogen and oxygen atoms in total. The van der Waals surface area contributed by atoms with E-state index in [9.17, 15) is 4.79 Å². The standard InChI is InChI=1S/C17H19N5O/c1-2-11-6-8-12(9-7-11)18-10-15-20-17-19-14-5-3-4-13(14)16(23)22(17)21-15/h6-9,18H,2-5,10H2,1H3,(H,19,20,21). The molecule has 1 aliphatic carbocycles. The van der Waals surface area contributed by atoms with Crippen molar-refractivity contribution in [2.75, 3.05) is 5.32 Å². The highest BCUT2D eigenvalue weighted by atomic mass is 16.1. The predicted molar refractivity (Wildman–Crippen MR) is 88.8 cm³/mol. The fourth-order valence-electron chi connectivity index (χ4n) is 3.05. The second-order valence-corrected chi connectivity index (χ2v) is 5.91. The van der Waals surface area contributed by atoms with E-state index < -0.39 is 0 Å².